The van der Waals surface area contributed by atoms with Crippen LogP contribution >= 0.6 is 15.9 Å². The Kier molecular flexibility index (Phi) is 6.85. The minimum absolute atomic E-state index is 0.00702. The summed E-state index contributed by atoms with van der Waals surface area (Å²) in [7, 11) is 0. The molecule has 0 aliphatic carbocycles. The van der Waals surface area contributed by atoms with Gasteiger partial charge < -0.3 is 10.1 Å². The molecule has 3 nitrogen and oxygen atoms in total. The Bertz CT molecular complexity index is 693. The van der Waals surface area contributed by atoms with E-state index >= 15 is 0 Å². The molecule has 0 bridgehead atoms. The summed E-state index contributed by atoms with van der Waals surface area (Å²) in [6.07, 6.45) is 3.40. The summed E-state index contributed by atoms with van der Waals surface area (Å²) in [5, 5.41) is 2.88. The van der Waals surface area contributed by atoms with Gasteiger partial charge in [-0.15, -0.1) is 0 Å². The molecule has 0 atom stereocenters. The molecule has 2 aromatic carbocycles. The molecule has 2 rings (SSSR count). The van der Waals surface area contributed by atoms with Gasteiger partial charge >= 0.3 is 0 Å². The van der Waals surface area contributed by atoms with Crippen molar-refractivity contribution in [2.75, 3.05) is 11.9 Å². The van der Waals surface area contributed by atoms with Crippen LogP contribution in [0.3, 0.4) is 0 Å². The zero-order valence-electron chi connectivity index (χ0n) is 14.5. The number of amides is 1. The molecule has 0 saturated carbocycles. The summed E-state index contributed by atoms with van der Waals surface area (Å²) in [5.74, 6) is 0.549. The lowest BCUT2D eigenvalue weighted by atomic mass is 10.1. The monoisotopic (exact) mass is 389 g/mol. The number of unbranched alkanes of at least 4 members (excludes halogenated alkanes) is 1. The van der Waals surface area contributed by atoms with E-state index in [1.54, 1.807) is 0 Å². The molecule has 0 aromatic heterocycles. The third-order valence-corrected chi connectivity index (χ3v) is 4.35. The second kappa shape index (κ2) is 8.88. The van der Waals surface area contributed by atoms with Crippen LogP contribution in [0.15, 0.2) is 40.9 Å². The Hall–Kier alpha value is -1.81. The summed E-state index contributed by atoms with van der Waals surface area (Å²) in [6.45, 7) is 6.19. The van der Waals surface area contributed by atoms with Gasteiger partial charge in [-0.2, -0.15) is 0 Å². The number of hydrogen-bond acceptors (Lipinski definition) is 2. The average molecular weight is 390 g/mol. The zero-order valence-corrected chi connectivity index (χ0v) is 16.1. The van der Waals surface area contributed by atoms with Gasteiger partial charge in [0.1, 0.15) is 5.75 Å². The summed E-state index contributed by atoms with van der Waals surface area (Å²) >= 11 is 3.53. The average Bonchev–Trinajstić information content (AvgIpc) is 2.52. The Balaban J connectivity index is 1.92. The van der Waals surface area contributed by atoms with E-state index in [0.717, 1.165) is 33.5 Å². The van der Waals surface area contributed by atoms with Crippen molar-refractivity contribution in [3.63, 3.8) is 0 Å². The Labute approximate surface area is 152 Å². The van der Waals surface area contributed by atoms with Crippen LogP contribution in [-0.4, -0.2) is 12.5 Å². The van der Waals surface area contributed by atoms with Gasteiger partial charge in [0.2, 0.25) is 0 Å². The maximum atomic E-state index is 12.1. The van der Waals surface area contributed by atoms with Gasteiger partial charge in [0.05, 0.1) is 5.69 Å². The predicted octanol–water partition coefficient (Wildman–Crippen LogP) is 5.43. The summed E-state index contributed by atoms with van der Waals surface area (Å²) < 4.78 is 6.49. The smallest absolute Gasteiger partial charge is 0.262 e. The van der Waals surface area contributed by atoms with E-state index in [1.807, 2.05) is 32.0 Å². The van der Waals surface area contributed by atoms with E-state index in [0.29, 0.717) is 0 Å². The Morgan fingerprint density at radius 1 is 1.12 bits per heavy atom. The number of nitrogens with one attached hydrogen (secondary N) is 1. The van der Waals surface area contributed by atoms with E-state index in [-0.39, 0.29) is 12.5 Å². The molecular weight excluding hydrogens is 366 g/mol. The molecule has 0 radical (unpaired) electrons. The van der Waals surface area contributed by atoms with Crippen LogP contribution in [0, 0.1) is 13.8 Å². The van der Waals surface area contributed by atoms with Gasteiger partial charge in [0.25, 0.3) is 5.91 Å². The fourth-order valence-electron chi connectivity index (χ4n) is 2.55. The Morgan fingerprint density at radius 3 is 2.46 bits per heavy atom. The molecule has 0 unspecified atom stereocenters. The maximum absolute atomic E-state index is 12.1. The van der Waals surface area contributed by atoms with Gasteiger partial charge in [-0.05, 0) is 83.6 Å². The van der Waals surface area contributed by atoms with Gasteiger partial charge in [-0.25, -0.2) is 0 Å². The highest BCUT2D eigenvalue weighted by Crippen LogP contribution is 2.24. The van der Waals surface area contributed by atoms with Gasteiger partial charge in [-0.1, -0.05) is 25.5 Å². The number of aryl methyl sites for hydroxylation is 3. The first-order valence-electron chi connectivity index (χ1n) is 8.27. The molecule has 0 fully saturated rings. The van der Waals surface area contributed by atoms with Gasteiger partial charge in [0.15, 0.2) is 6.61 Å². The summed E-state index contributed by atoms with van der Waals surface area (Å²) in [5.41, 5.74) is 4.28. The first-order valence-corrected chi connectivity index (χ1v) is 9.06. The number of anilines is 1. The highest BCUT2D eigenvalue weighted by molar-refractivity contribution is 9.10. The van der Waals surface area contributed by atoms with Crippen LogP contribution < -0.4 is 10.1 Å². The maximum Gasteiger partial charge on any atom is 0.262 e. The van der Waals surface area contributed by atoms with E-state index in [4.69, 9.17) is 4.74 Å². The van der Waals surface area contributed by atoms with Crippen molar-refractivity contribution in [1.29, 1.82) is 0 Å². The largest absolute Gasteiger partial charge is 0.484 e. The van der Waals surface area contributed by atoms with Crippen LogP contribution in [0.1, 0.15) is 36.5 Å². The minimum Gasteiger partial charge on any atom is -0.484 e. The topological polar surface area (TPSA) is 38.3 Å². The van der Waals surface area contributed by atoms with Crippen molar-refractivity contribution in [1.82, 2.24) is 0 Å². The van der Waals surface area contributed by atoms with Crippen LogP contribution in [0.5, 0.6) is 5.75 Å². The molecule has 0 spiro atoms. The zero-order chi connectivity index (χ0) is 17.5. The molecule has 4 heteroatoms. The molecular formula is C20H24BrNO2. The van der Waals surface area contributed by atoms with E-state index in [2.05, 4.69) is 46.4 Å². The van der Waals surface area contributed by atoms with E-state index < -0.39 is 0 Å². The normalized spacial score (nSPS) is 10.5. The number of benzene rings is 2. The molecule has 24 heavy (non-hydrogen) atoms. The van der Waals surface area contributed by atoms with Crippen LogP contribution in [0.4, 0.5) is 5.69 Å². The number of hydrogen-bond donors (Lipinski definition) is 1. The molecule has 0 aliphatic rings. The fraction of sp³-hybridized carbons (Fsp3) is 0.350. The van der Waals surface area contributed by atoms with Crippen molar-refractivity contribution in [2.24, 2.45) is 0 Å². The summed E-state index contributed by atoms with van der Waals surface area (Å²) in [4.78, 5) is 12.1. The van der Waals surface area contributed by atoms with Crippen molar-refractivity contribution in [3.8, 4) is 5.75 Å². The standard InChI is InChI=1S/C20H24BrNO2/c1-4-5-6-16-7-8-19(18(21)12-16)22-20(23)13-24-17-10-14(2)9-15(3)11-17/h7-12H,4-6,13H2,1-3H3,(H,22,23). The second-order valence-electron chi connectivity index (χ2n) is 6.08. The first kappa shape index (κ1) is 18.5. The minimum atomic E-state index is -0.170. The lowest BCUT2D eigenvalue weighted by molar-refractivity contribution is -0.118. The van der Waals surface area contributed by atoms with E-state index in [9.17, 15) is 4.79 Å². The van der Waals surface area contributed by atoms with Crippen molar-refractivity contribution in [2.45, 2.75) is 40.0 Å². The highest BCUT2D eigenvalue weighted by Gasteiger charge is 2.08. The van der Waals surface area contributed by atoms with Crippen LogP contribution in [0.25, 0.3) is 0 Å². The van der Waals surface area contributed by atoms with Crippen molar-refractivity contribution in [3.05, 3.63) is 57.6 Å². The predicted molar refractivity (Wildman–Crippen MR) is 103 cm³/mol. The van der Waals surface area contributed by atoms with Crippen LogP contribution in [0.2, 0.25) is 0 Å². The van der Waals surface area contributed by atoms with Gasteiger partial charge in [0, 0.05) is 4.47 Å². The SMILES string of the molecule is CCCCc1ccc(NC(=O)COc2cc(C)cc(C)c2)c(Br)c1. The first-order chi connectivity index (χ1) is 11.5. The summed E-state index contributed by atoms with van der Waals surface area (Å²) in [6, 6.07) is 12.0. The third-order valence-electron chi connectivity index (χ3n) is 3.69. The number of rotatable bonds is 7. The number of ether oxygens (including phenoxy) is 1. The lowest BCUT2D eigenvalue weighted by Gasteiger charge is -2.11. The van der Waals surface area contributed by atoms with Gasteiger partial charge in [-0.3, -0.25) is 4.79 Å². The number of carbonyl (C=O) groups is 1. The van der Waals surface area contributed by atoms with Crippen molar-refractivity contribution < 1.29 is 9.53 Å². The highest BCUT2D eigenvalue weighted by atomic mass is 79.9. The third kappa shape index (κ3) is 5.68. The lowest BCUT2D eigenvalue weighted by Crippen LogP contribution is -2.20. The molecule has 1 amide bonds. The molecule has 0 aliphatic heterocycles. The molecule has 2 aromatic rings. The fourth-order valence-corrected chi connectivity index (χ4v) is 3.07. The second-order valence-corrected chi connectivity index (χ2v) is 6.93. The number of carbonyl (C=O) groups excluding carboxylic acids is 1. The van der Waals surface area contributed by atoms with Crippen molar-refractivity contribution >= 4 is 27.5 Å². The quantitative estimate of drug-likeness (QED) is 0.685. The number of halogens is 1. The molecule has 128 valence electrons. The Morgan fingerprint density at radius 2 is 1.83 bits per heavy atom. The molecule has 0 heterocycles. The molecule has 1 N–H and O–H groups in total. The van der Waals surface area contributed by atoms with Crippen LogP contribution in [-0.2, 0) is 11.2 Å². The molecule has 0 saturated heterocycles. The van der Waals surface area contributed by atoms with E-state index in [1.165, 1.54) is 18.4 Å².